The molecule has 48 heavy (non-hydrogen) atoms. The molecule has 5 rings (SSSR count). The molecule has 0 aliphatic carbocycles. The summed E-state index contributed by atoms with van der Waals surface area (Å²) < 4.78 is 37.2. The molecule has 5 aromatic rings. The first kappa shape index (κ1) is 34.1. The summed E-state index contributed by atoms with van der Waals surface area (Å²) in [6, 6.07) is 14.8. The lowest BCUT2D eigenvalue weighted by molar-refractivity contribution is -0.384. The van der Waals surface area contributed by atoms with E-state index >= 15 is 0 Å². The second-order valence-corrected chi connectivity index (χ2v) is 11.9. The molecule has 3 aromatic carbocycles. The number of likely N-dealkylation sites (N-methyl/N-ethyl adjacent to an activating group) is 1. The van der Waals surface area contributed by atoms with E-state index in [9.17, 15) is 33.3 Å². The Labute approximate surface area is 277 Å². The molecule has 0 fully saturated rings. The number of halogens is 2. The normalized spacial score (nSPS) is 11.3. The summed E-state index contributed by atoms with van der Waals surface area (Å²) >= 11 is 1.12. The minimum Gasteiger partial charge on any atom is -0.383 e. The van der Waals surface area contributed by atoms with Gasteiger partial charge in [0.2, 0.25) is 0 Å². The lowest BCUT2D eigenvalue weighted by Crippen LogP contribution is -2.39. The molecule has 0 radical (unpaired) electrons. The number of non-ortho nitro benzene ring substituents is 1. The number of ether oxygens (including phenoxy) is 1. The Bertz CT molecular complexity index is 2070. The molecular weight excluding hydrogens is 646 g/mol. The fourth-order valence-electron chi connectivity index (χ4n) is 5.22. The largest absolute Gasteiger partial charge is 0.383 e. The molecule has 0 unspecified atom stereocenters. The van der Waals surface area contributed by atoms with Gasteiger partial charge in [-0.25, -0.2) is 22.9 Å². The second-order valence-electron chi connectivity index (χ2n) is 10.9. The molecule has 0 saturated carbocycles. The zero-order valence-corrected chi connectivity index (χ0v) is 27.1. The molecule has 250 valence electrons. The summed E-state index contributed by atoms with van der Waals surface area (Å²) in [5, 5.41) is 16.9. The van der Waals surface area contributed by atoms with Crippen molar-refractivity contribution in [3.8, 4) is 16.1 Å². The zero-order valence-electron chi connectivity index (χ0n) is 26.3. The van der Waals surface area contributed by atoms with Gasteiger partial charge in [0.15, 0.2) is 0 Å². The van der Waals surface area contributed by atoms with Crippen LogP contribution in [0.15, 0.2) is 76.3 Å². The maximum atomic E-state index is 15.0. The number of nitrogens with zero attached hydrogens (tertiary/aromatic N) is 4. The average Bonchev–Trinajstić information content (AvgIpc) is 3.43. The number of hydrogen-bond donors (Lipinski definition) is 2. The second kappa shape index (κ2) is 14.7. The number of rotatable bonds is 12. The number of nitro groups is 1. The number of amides is 2. The van der Waals surface area contributed by atoms with Gasteiger partial charge in [-0.15, -0.1) is 11.3 Å². The quantitative estimate of drug-likeness (QED) is 0.134. The third-order valence-corrected chi connectivity index (χ3v) is 8.92. The predicted molar refractivity (Wildman–Crippen MR) is 180 cm³/mol. The highest BCUT2D eigenvalue weighted by Gasteiger charge is 2.26. The fourth-order valence-corrected chi connectivity index (χ4v) is 6.52. The first-order valence-corrected chi connectivity index (χ1v) is 15.7. The fraction of sp³-hybridized carbons (Fsp3) is 0.242. The lowest BCUT2D eigenvalue weighted by atomic mass is 10.1. The highest BCUT2D eigenvalue weighted by Crippen LogP contribution is 2.38. The van der Waals surface area contributed by atoms with Crippen LogP contribution in [-0.4, -0.2) is 58.8 Å². The zero-order chi connectivity index (χ0) is 34.5. The first-order chi connectivity index (χ1) is 23.0. The number of urea groups is 1. The molecule has 12 nitrogen and oxygen atoms in total. The van der Waals surface area contributed by atoms with Crippen molar-refractivity contribution >= 4 is 39.0 Å². The van der Waals surface area contributed by atoms with Crippen molar-refractivity contribution in [3.05, 3.63) is 120 Å². The Kier molecular flexibility index (Phi) is 10.4. The monoisotopic (exact) mass is 678 g/mol. The molecular formula is C33H32F2N6O6S. The van der Waals surface area contributed by atoms with Crippen LogP contribution in [0.4, 0.5) is 25.0 Å². The number of methoxy groups -OCH3 is 1. The summed E-state index contributed by atoms with van der Waals surface area (Å²) in [7, 11) is 3.41. The van der Waals surface area contributed by atoms with Gasteiger partial charge in [-0.05, 0) is 61.5 Å². The number of nitrogens with one attached hydrogen (secondary N) is 2. The number of anilines is 1. The first-order valence-electron chi connectivity index (χ1n) is 14.9. The maximum absolute atomic E-state index is 15.0. The number of fused-ring (bicyclic) bond motifs is 1. The highest BCUT2D eigenvalue weighted by molar-refractivity contribution is 7.22. The van der Waals surface area contributed by atoms with Crippen LogP contribution in [0.1, 0.15) is 18.1 Å². The number of nitro benzene ring substituents is 1. The van der Waals surface area contributed by atoms with Gasteiger partial charge >= 0.3 is 11.7 Å². The van der Waals surface area contributed by atoms with E-state index < -0.39 is 34.4 Å². The topological polar surface area (TPSA) is 141 Å². The third kappa shape index (κ3) is 7.02. The minimum atomic E-state index is -0.877. The minimum absolute atomic E-state index is 0.0486. The van der Waals surface area contributed by atoms with Crippen LogP contribution < -0.4 is 21.9 Å². The van der Waals surface area contributed by atoms with Gasteiger partial charge < -0.3 is 15.4 Å². The average molecular weight is 679 g/mol. The van der Waals surface area contributed by atoms with Crippen LogP contribution in [0.2, 0.25) is 0 Å². The smallest absolute Gasteiger partial charge is 0.337 e. The lowest BCUT2D eigenvalue weighted by Gasteiger charge is -2.18. The molecule has 0 atom stereocenters. The number of aromatic nitrogens is 2. The van der Waals surface area contributed by atoms with Gasteiger partial charge in [0.05, 0.1) is 29.1 Å². The van der Waals surface area contributed by atoms with Gasteiger partial charge in [0.1, 0.15) is 16.5 Å². The van der Waals surface area contributed by atoms with Gasteiger partial charge in [-0.1, -0.05) is 18.2 Å². The highest BCUT2D eigenvalue weighted by atomic mass is 32.1. The number of hydrogen-bond acceptors (Lipinski definition) is 8. The maximum Gasteiger partial charge on any atom is 0.337 e. The van der Waals surface area contributed by atoms with E-state index in [1.807, 2.05) is 11.9 Å². The Morgan fingerprint density at radius 3 is 2.29 bits per heavy atom. The molecule has 0 bridgehead atoms. The summed E-state index contributed by atoms with van der Waals surface area (Å²) in [4.78, 5) is 54.0. The van der Waals surface area contributed by atoms with Crippen LogP contribution in [0.5, 0.6) is 0 Å². The number of carbonyl (C=O) groups is 1. The standard InChI is InChI=1S/C33H32F2N6O6S/c1-4-36-32(43)37-21-10-8-20(9-11-21)29-25(18-38(2)16-17-47-3)28-30(42)40(22-12-14-23(15-13-22)41(45)46)33(44)39(31(28)48-29)19-24-26(34)6-5-7-27(24)35/h5-15H,4,16-19H2,1-3H3,(H2,36,37,43). The number of carbonyl (C=O) groups excluding carboxylic acids is 1. The van der Waals surface area contributed by atoms with E-state index in [1.54, 1.807) is 38.3 Å². The molecule has 0 aliphatic rings. The van der Waals surface area contributed by atoms with E-state index in [0.717, 1.165) is 32.6 Å². The molecule has 0 saturated heterocycles. The van der Waals surface area contributed by atoms with Gasteiger partial charge in [-0.3, -0.25) is 24.4 Å². The summed E-state index contributed by atoms with van der Waals surface area (Å²) in [5.74, 6) is -1.73. The van der Waals surface area contributed by atoms with Crippen molar-refractivity contribution in [2.24, 2.45) is 0 Å². The summed E-state index contributed by atoms with van der Waals surface area (Å²) in [6.45, 7) is 2.85. The predicted octanol–water partition coefficient (Wildman–Crippen LogP) is 5.34. The Morgan fingerprint density at radius 2 is 1.69 bits per heavy atom. The van der Waals surface area contributed by atoms with Gasteiger partial charge in [-0.2, -0.15) is 0 Å². The molecule has 2 amide bonds. The van der Waals surface area contributed by atoms with Crippen molar-refractivity contribution in [2.45, 2.75) is 20.0 Å². The number of benzene rings is 3. The number of thiophene rings is 1. The van der Waals surface area contributed by atoms with Crippen LogP contribution in [0, 0.1) is 21.7 Å². The van der Waals surface area contributed by atoms with E-state index in [4.69, 9.17) is 4.74 Å². The van der Waals surface area contributed by atoms with E-state index in [-0.39, 0.29) is 39.7 Å². The van der Waals surface area contributed by atoms with Crippen molar-refractivity contribution in [2.75, 3.05) is 39.2 Å². The Morgan fingerprint density at radius 1 is 1.02 bits per heavy atom. The molecule has 15 heteroatoms. The molecule has 2 N–H and O–H groups in total. The van der Waals surface area contributed by atoms with Crippen LogP contribution in [-0.2, 0) is 17.8 Å². The van der Waals surface area contributed by atoms with Crippen LogP contribution >= 0.6 is 11.3 Å². The van der Waals surface area contributed by atoms with E-state index in [1.165, 1.54) is 30.3 Å². The summed E-state index contributed by atoms with van der Waals surface area (Å²) in [6.07, 6.45) is 0. The van der Waals surface area contributed by atoms with Crippen molar-refractivity contribution in [1.82, 2.24) is 19.4 Å². The Balaban J connectivity index is 1.79. The van der Waals surface area contributed by atoms with Gasteiger partial charge in [0.25, 0.3) is 11.2 Å². The van der Waals surface area contributed by atoms with Crippen LogP contribution in [0.25, 0.3) is 26.3 Å². The van der Waals surface area contributed by atoms with E-state index in [2.05, 4.69) is 10.6 Å². The van der Waals surface area contributed by atoms with Gasteiger partial charge in [0, 0.05) is 55.0 Å². The van der Waals surface area contributed by atoms with Crippen LogP contribution in [0.3, 0.4) is 0 Å². The molecule has 0 aliphatic heterocycles. The Hall–Kier alpha value is -5.25. The molecule has 0 spiro atoms. The van der Waals surface area contributed by atoms with Crippen molar-refractivity contribution in [1.29, 1.82) is 0 Å². The molecule has 2 aromatic heterocycles. The molecule has 2 heterocycles. The third-order valence-electron chi connectivity index (χ3n) is 7.62. The van der Waals surface area contributed by atoms with E-state index in [0.29, 0.717) is 41.4 Å². The van der Waals surface area contributed by atoms with Crippen molar-refractivity contribution < 1.29 is 23.2 Å². The SMILES string of the molecule is CCNC(=O)Nc1ccc(-c2sc3c(c2CN(C)CCOC)c(=O)n(-c2ccc([N+](=O)[O-])cc2)c(=O)n3Cc2c(F)cccc2F)cc1. The summed E-state index contributed by atoms with van der Waals surface area (Å²) in [5.41, 5.74) is -0.385. The van der Waals surface area contributed by atoms with Crippen molar-refractivity contribution in [3.63, 3.8) is 0 Å².